The number of anilines is 1. The Balaban J connectivity index is 1.49. The van der Waals surface area contributed by atoms with E-state index in [0.717, 1.165) is 19.4 Å². The summed E-state index contributed by atoms with van der Waals surface area (Å²) in [6.45, 7) is 2.32. The van der Waals surface area contributed by atoms with Crippen LogP contribution in [0.5, 0.6) is 0 Å². The van der Waals surface area contributed by atoms with Gasteiger partial charge in [-0.25, -0.2) is 9.78 Å². The first-order valence-corrected chi connectivity index (χ1v) is 7.91. The van der Waals surface area contributed by atoms with Crippen molar-refractivity contribution >= 4 is 17.6 Å². The van der Waals surface area contributed by atoms with E-state index in [1.807, 2.05) is 16.9 Å². The number of primary amides is 1. The Bertz CT molecular complexity index is 690. The second-order valence-electron chi connectivity index (χ2n) is 5.89. The van der Waals surface area contributed by atoms with Crippen molar-refractivity contribution in [3.63, 3.8) is 0 Å². The highest BCUT2D eigenvalue weighted by Gasteiger charge is 2.23. The number of nitrogens with two attached hydrogens (primary N) is 1. The van der Waals surface area contributed by atoms with E-state index in [1.54, 1.807) is 17.2 Å². The molecule has 2 aromatic rings. The molecule has 0 aliphatic carbocycles. The molecule has 0 radical (unpaired) electrons. The second-order valence-corrected chi connectivity index (χ2v) is 5.89. The van der Waals surface area contributed by atoms with Crippen LogP contribution in [0.1, 0.15) is 23.3 Å². The minimum Gasteiger partial charge on any atom is -0.364 e. The number of pyridine rings is 1. The Kier molecular flexibility index (Phi) is 4.74. The Morgan fingerprint density at radius 3 is 2.67 bits per heavy atom. The van der Waals surface area contributed by atoms with Gasteiger partial charge in [-0.3, -0.25) is 9.48 Å². The van der Waals surface area contributed by atoms with Gasteiger partial charge in [0.05, 0.1) is 11.9 Å². The monoisotopic (exact) mass is 328 g/mol. The maximum atomic E-state index is 12.3. The lowest BCUT2D eigenvalue weighted by atomic mass is 9.97. The lowest BCUT2D eigenvalue weighted by Crippen LogP contribution is -2.41. The molecule has 0 saturated carbocycles. The van der Waals surface area contributed by atoms with Crippen LogP contribution in [0.15, 0.2) is 36.8 Å². The Morgan fingerprint density at radius 2 is 2.08 bits per heavy atom. The molecule has 0 unspecified atom stereocenters. The minimum atomic E-state index is -0.591. The summed E-state index contributed by atoms with van der Waals surface area (Å²) in [4.78, 5) is 29.0. The summed E-state index contributed by atoms with van der Waals surface area (Å²) in [5.41, 5.74) is 5.86. The van der Waals surface area contributed by atoms with Gasteiger partial charge in [0.1, 0.15) is 5.69 Å². The highest BCUT2D eigenvalue weighted by atomic mass is 16.2. The molecule has 2 aromatic heterocycles. The fraction of sp³-hybridized carbons (Fsp3) is 0.375. The van der Waals surface area contributed by atoms with Crippen LogP contribution in [0, 0.1) is 5.92 Å². The molecule has 1 saturated heterocycles. The number of carbonyl (C=O) groups excluding carboxylic acids is 2. The van der Waals surface area contributed by atoms with Crippen LogP contribution >= 0.6 is 0 Å². The van der Waals surface area contributed by atoms with Crippen LogP contribution in [-0.2, 0) is 6.54 Å². The van der Waals surface area contributed by atoms with E-state index in [9.17, 15) is 9.59 Å². The number of hydrogen-bond donors (Lipinski definition) is 2. The summed E-state index contributed by atoms with van der Waals surface area (Å²) in [6, 6.07) is 4.88. The van der Waals surface area contributed by atoms with Gasteiger partial charge in [-0.05, 0) is 37.0 Å². The molecule has 8 heteroatoms. The summed E-state index contributed by atoms with van der Waals surface area (Å²) >= 11 is 0. The number of likely N-dealkylation sites (tertiary alicyclic amines) is 1. The highest BCUT2D eigenvalue weighted by molar-refractivity contribution is 5.92. The minimum absolute atomic E-state index is 0.152. The van der Waals surface area contributed by atoms with E-state index in [4.69, 9.17) is 5.73 Å². The summed E-state index contributed by atoms with van der Waals surface area (Å²) in [6.07, 6.45) is 7.07. The van der Waals surface area contributed by atoms with E-state index in [1.165, 1.54) is 12.3 Å². The van der Waals surface area contributed by atoms with Crippen molar-refractivity contribution in [2.75, 3.05) is 18.4 Å². The lowest BCUT2D eigenvalue weighted by Gasteiger charge is -2.31. The molecule has 0 atom stereocenters. The molecule has 1 fully saturated rings. The van der Waals surface area contributed by atoms with Gasteiger partial charge in [-0.2, -0.15) is 5.10 Å². The third-order valence-corrected chi connectivity index (χ3v) is 4.17. The number of nitrogens with one attached hydrogen (secondary N) is 1. The predicted octanol–water partition coefficient (Wildman–Crippen LogP) is 1.32. The zero-order valence-corrected chi connectivity index (χ0v) is 13.3. The van der Waals surface area contributed by atoms with Crippen LogP contribution in [0.3, 0.4) is 0 Å². The first-order chi connectivity index (χ1) is 11.6. The average molecular weight is 328 g/mol. The molecule has 3 heterocycles. The quantitative estimate of drug-likeness (QED) is 0.882. The van der Waals surface area contributed by atoms with Crippen LogP contribution in [0.25, 0.3) is 0 Å². The zero-order chi connectivity index (χ0) is 16.9. The number of amides is 3. The van der Waals surface area contributed by atoms with Crippen LogP contribution in [0.2, 0.25) is 0 Å². The number of urea groups is 1. The van der Waals surface area contributed by atoms with Crippen LogP contribution in [0.4, 0.5) is 10.5 Å². The van der Waals surface area contributed by atoms with Gasteiger partial charge in [-0.15, -0.1) is 0 Å². The SMILES string of the molecule is NC(=O)c1ccc(NC(=O)N2CCC(Cn3cccn3)CC2)cn1. The highest BCUT2D eigenvalue weighted by Crippen LogP contribution is 2.19. The summed E-state index contributed by atoms with van der Waals surface area (Å²) in [5.74, 6) is -0.0578. The molecule has 1 aliphatic rings. The van der Waals surface area contributed by atoms with Crippen molar-refractivity contribution in [3.8, 4) is 0 Å². The molecule has 0 spiro atoms. The third kappa shape index (κ3) is 3.89. The molecule has 3 amide bonds. The molecule has 24 heavy (non-hydrogen) atoms. The van der Waals surface area contributed by atoms with Crippen molar-refractivity contribution in [1.29, 1.82) is 0 Å². The Morgan fingerprint density at radius 1 is 1.29 bits per heavy atom. The number of rotatable bonds is 4. The molecule has 0 aromatic carbocycles. The summed E-state index contributed by atoms with van der Waals surface area (Å²) in [7, 11) is 0. The van der Waals surface area contributed by atoms with E-state index >= 15 is 0 Å². The van der Waals surface area contributed by atoms with Crippen molar-refractivity contribution in [1.82, 2.24) is 19.7 Å². The van der Waals surface area contributed by atoms with Gasteiger partial charge < -0.3 is 16.0 Å². The molecule has 126 valence electrons. The molecule has 3 rings (SSSR count). The lowest BCUT2D eigenvalue weighted by molar-refractivity contribution is 0.0995. The molecule has 8 nitrogen and oxygen atoms in total. The number of carbonyl (C=O) groups is 2. The van der Waals surface area contributed by atoms with E-state index < -0.39 is 5.91 Å². The number of piperidine rings is 1. The maximum Gasteiger partial charge on any atom is 0.321 e. The van der Waals surface area contributed by atoms with Gasteiger partial charge in [-0.1, -0.05) is 0 Å². The van der Waals surface area contributed by atoms with Gasteiger partial charge in [0.2, 0.25) is 0 Å². The normalized spacial score (nSPS) is 15.2. The maximum absolute atomic E-state index is 12.3. The van der Waals surface area contributed by atoms with Crippen molar-refractivity contribution in [3.05, 3.63) is 42.5 Å². The third-order valence-electron chi connectivity index (χ3n) is 4.17. The van der Waals surface area contributed by atoms with Gasteiger partial charge >= 0.3 is 6.03 Å². The van der Waals surface area contributed by atoms with Crippen molar-refractivity contribution in [2.24, 2.45) is 11.7 Å². The zero-order valence-electron chi connectivity index (χ0n) is 13.3. The predicted molar refractivity (Wildman–Crippen MR) is 88.3 cm³/mol. The van der Waals surface area contributed by atoms with Gasteiger partial charge in [0.25, 0.3) is 5.91 Å². The van der Waals surface area contributed by atoms with E-state index in [2.05, 4.69) is 15.4 Å². The van der Waals surface area contributed by atoms with Crippen molar-refractivity contribution < 1.29 is 9.59 Å². The number of aromatic nitrogens is 3. The smallest absolute Gasteiger partial charge is 0.321 e. The Labute approximate surface area is 139 Å². The molecule has 3 N–H and O–H groups in total. The number of nitrogens with zero attached hydrogens (tertiary/aromatic N) is 4. The second kappa shape index (κ2) is 7.12. The Hall–Kier alpha value is -2.90. The number of hydrogen-bond acceptors (Lipinski definition) is 4. The van der Waals surface area contributed by atoms with Crippen LogP contribution in [-0.4, -0.2) is 44.7 Å². The van der Waals surface area contributed by atoms with Gasteiger partial charge in [0, 0.05) is 32.0 Å². The summed E-state index contributed by atoms with van der Waals surface area (Å²) < 4.78 is 1.94. The van der Waals surface area contributed by atoms with Gasteiger partial charge in [0.15, 0.2) is 0 Å². The molecule has 1 aliphatic heterocycles. The van der Waals surface area contributed by atoms with Crippen LogP contribution < -0.4 is 11.1 Å². The standard InChI is InChI=1S/C16H20N6O2/c17-15(23)14-3-2-13(10-18-14)20-16(24)21-8-4-12(5-9-21)11-22-7-1-6-19-22/h1-3,6-7,10,12H,4-5,8-9,11H2,(H2,17,23)(H,20,24). The first kappa shape index (κ1) is 16.0. The fourth-order valence-corrected chi connectivity index (χ4v) is 2.81. The molecular formula is C16H20N6O2. The summed E-state index contributed by atoms with van der Waals surface area (Å²) in [5, 5.41) is 7.02. The molecule has 0 bridgehead atoms. The first-order valence-electron chi connectivity index (χ1n) is 7.91. The fourth-order valence-electron chi connectivity index (χ4n) is 2.81. The van der Waals surface area contributed by atoms with E-state index in [0.29, 0.717) is 24.7 Å². The average Bonchev–Trinajstić information content (AvgIpc) is 3.09. The largest absolute Gasteiger partial charge is 0.364 e. The topological polar surface area (TPSA) is 106 Å². The van der Waals surface area contributed by atoms with Crippen molar-refractivity contribution in [2.45, 2.75) is 19.4 Å². The van der Waals surface area contributed by atoms with E-state index in [-0.39, 0.29) is 11.7 Å². The molecular weight excluding hydrogens is 308 g/mol.